The summed E-state index contributed by atoms with van der Waals surface area (Å²) in [7, 11) is 1.24. The molecule has 2 N–H and O–H groups in total. The number of aromatic nitrogens is 3. The van der Waals surface area contributed by atoms with Crippen LogP contribution in [0.1, 0.15) is 11.4 Å². The van der Waals surface area contributed by atoms with Crippen molar-refractivity contribution in [3.8, 4) is 0 Å². The Bertz CT molecular complexity index is 383. The molecule has 0 aliphatic rings. The van der Waals surface area contributed by atoms with Gasteiger partial charge in [-0.3, -0.25) is 0 Å². The molecule has 88 valence electrons. The van der Waals surface area contributed by atoms with Crippen LogP contribution in [0.3, 0.4) is 0 Å². The maximum Gasteiger partial charge on any atom is 0.330 e. The smallest absolute Gasteiger partial charge is 0.330 e. The summed E-state index contributed by atoms with van der Waals surface area (Å²) in [6.45, 7) is 3.16. The van der Waals surface area contributed by atoms with Crippen molar-refractivity contribution in [2.24, 2.45) is 0 Å². The molecule has 0 aliphatic heterocycles. The van der Waals surface area contributed by atoms with Gasteiger partial charge in [0.2, 0.25) is 5.95 Å². The monoisotopic (exact) mass is 226 g/mol. The SMILES string of the molecule is COC(=O)C(CO)Nc1nnc(C)c(C)n1. The van der Waals surface area contributed by atoms with Crippen molar-refractivity contribution in [3.63, 3.8) is 0 Å². The van der Waals surface area contributed by atoms with Crippen molar-refractivity contribution in [1.29, 1.82) is 0 Å². The van der Waals surface area contributed by atoms with Gasteiger partial charge in [0.05, 0.1) is 25.1 Å². The van der Waals surface area contributed by atoms with Crippen molar-refractivity contribution >= 4 is 11.9 Å². The molecule has 7 nitrogen and oxygen atoms in total. The number of nitrogens with zero attached hydrogens (tertiary/aromatic N) is 3. The van der Waals surface area contributed by atoms with E-state index >= 15 is 0 Å². The first-order valence-electron chi connectivity index (χ1n) is 4.71. The standard InChI is InChI=1S/C9H14N4O3/c1-5-6(2)12-13-9(10-5)11-7(4-14)8(15)16-3/h7,14H,4H2,1-3H3,(H,10,11,13). The van der Waals surface area contributed by atoms with Crippen LogP contribution in [0, 0.1) is 13.8 Å². The van der Waals surface area contributed by atoms with Crippen LogP contribution in [0.5, 0.6) is 0 Å². The van der Waals surface area contributed by atoms with E-state index in [1.807, 2.05) is 0 Å². The largest absolute Gasteiger partial charge is 0.467 e. The molecule has 1 aromatic heterocycles. The van der Waals surface area contributed by atoms with Gasteiger partial charge in [0.25, 0.3) is 0 Å². The molecule has 0 spiro atoms. The minimum absolute atomic E-state index is 0.188. The minimum Gasteiger partial charge on any atom is -0.467 e. The molecular formula is C9H14N4O3. The molecule has 0 saturated heterocycles. The van der Waals surface area contributed by atoms with Gasteiger partial charge < -0.3 is 15.2 Å². The van der Waals surface area contributed by atoms with E-state index in [0.29, 0.717) is 11.4 Å². The highest BCUT2D eigenvalue weighted by molar-refractivity contribution is 5.78. The van der Waals surface area contributed by atoms with Crippen LogP contribution < -0.4 is 5.32 Å². The summed E-state index contributed by atoms with van der Waals surface area (Å²) in [5, 5.41) is 19.2. The lowest BCUT2D eigenvalue weighted by Crippen LogP contribution is -2.35. The lowest BCUT2D eigenvalue weighted by Gasteiger charge is -2.13. The Morgan fingerprint density at radius 1 is 1.44 bits per heavy atom. The summed E-state index contributed by atoms with van der Waals surface area (Å²) >= 11 is 0. The highest BCUT2D eigenvalue weighted by Gasteiger charge is 2.19. The maximum atomic E-state index is 11.2. The number of ether oxygens (including phenoxy) is 1. The lowest BCUT2D eigenvalue weighted by atomic mass is 10.3. The molecule has 0 amide bonds. The average molecular weight is 226 g/mol. The number of hydrogen-bond acceptors (Lipinski definition) is 7. The quantitative estimate of drug-likeness (QED) is 0.664. The van der Waals surface area contributed by atoms with Crippen LogP contribution in [-0.2, 0) is 9.53 Å². The summed E-state index contributed by atoms with van der Waals surface area (Å²) in [5.74, 6) is -0.392. The third-order valence-electron chi connectivity index (χ3n) is 2.06. The average Bonchev–Trinajstić information content (AvgIpc) is 2.29. The molecule has 1 aromatic rings. The second-order valence-electron chi connectivity index (χ2n) is 3.21. The molecule has 7 heteroatoms. The van der Waals surface area contributed by atoms with E-state index in [-0.39, 0.29) is 5.95 Å². The van der Waals surface area contributed by atoms with E-state index in [1.165, 1.54) is 7.11 Å². The summed E-state index contributed by atoms with van der Waals surface area (Å²) in [6.07, 6.45) is 0. The van der Waals surface area contributed by atoms with Crippen molar-refractivity contribution in [2.45, 2.75) is 19.9 Å². The molecule has 1 unspecified atom stereocenters. The number of nitrogens with one attached hydrogen (secondary N) is 1. The van der Waals surface area contributed by atoms with Gasteiger partial charge in [-0.15, -0.1) is 5.10 Å². The van der Waals surface area contributed by atoms with Crippen LogP contribution in [0.15, 0.2) is 0 Å². The summed E-state index contributed by atoms with van der Waals surface area (Å²) in [6, 6.07) is -0.881. The Balaban J connectivity index is 2.78. The third-order valence-corrected chi connectivity index (χ3v) is 2.06. The molecule has 0 radical (unpaired) electrons. The fourth-order valence-electron chi connectivity index (χ4n) is 0.995. The predicted molar refractivity (Wildman–Crippen MR) is 55.8 cm³/mol. The predicted octanol–water partition coefficient (Wildman–Crippen LogP) is -0.566. The van der Waals surface area contributed by atoms with E-state index < -0.39 is 18.6 Å². The molecule has 16 heavy (non-hydrogen) atoms. The molecule has 0 bridgehead atoms. The van der Waals surface area contributed by atoms with Crippen molar-refractivity contribution < 1.29 is 14.6 Å². The molecule has 1 heterocycles. The van der Waals surface area contributed by atoms with Crippen LogP contribution in [0.2, 0.25) is 0 Å². The summed E-state index contributed by atoms with van der Waals surface area (Å²) < 4.78 is 4.49. The maximum absolute atomic E-state index is 11.2. The van der Waals surface area contributed by atoms with Gasteiger partial charge in [0, 0.05) is 0 Å². The van der Waals surface area contributed by atoms with E-state index in [2.05, 4.69) is 25.2 Å². The number of aryl methyl sites for hydroxylation is 2. The normalized spacial score (nSPS) is 12.0. The number of methoxy groups -OCH3 is 1. The molecule has 0 aliphatic carbocycles. The number of carbonyl (C=O) groups excluding carboxylic acids is 1. The van der Waals surface area contributed by atoms with Gasteiger partial charge in [-0.05, 0) is 13.8 Å². The molecule has 1 atom stereocenters. The number of aliphatic hydroxyl groups is 1. The molecule has 0 fully saturated rings. The van der Waals surface area contributed by atoms with E-state index in [1.54, 1.807) is 13.8 Å². The highest BCUT2D eigenvalue weighted by atomic mass is 16.5. The second-order valence-corrected chi connectivity index (χ2v) is 3.21. The van der Waals surface area contributed by atoms with Gasteiger partial charge >= 0.3 is 5.97 Å². The first kappa shape index (κ1) is 12.3. The minimum atomic E-state index is -0.881. The topological polar surface area (TPSA) is 97.2 Å². The van der Waals surface area contributed by atoms with Crippen molar-refractivity contribution in [2.75, 3.05) is 19.0 Å². The number of esters is 1. The van der Waals surface area contributed by atoms with E-state index in [0.717, 1.165) is 0 Å². The van der Waals surface area contributed by atoms with Gasteiger partial charge in [0.1, 0.15) is 0 Å². The van der Waals surface area contributed by atoms with Crippen LogP contribution >= 0.6 is 0 Å². The van der Waals surface area contributed by atoms with Crippen LogP contribution in [-0.4, -0.2) is 46.0 Å². The van der Waals surface area contributed by atoms with Gasteiger partial charge in [0.15, 0.2) is 6.04 Å². The van der Waals surface area contributed by atoms with Gasteiger partial charge in [-0.1, -0.05) is 0 Å². The fourth-order valence-corrected chi connectivity index (χ4v) is 0.995. The molecule has 0 aromatic carbocycles. The van der Waals surface area contributed by atoms with E-state index in [4.69, 9.17) is 5.11 Å². The zero-order valence-corrected chi connectivity index (χ0v) is 9.39. The Morgan fingerprint density at radius 2 is 2.12 bits per heavy atom. The van der Waals surface area contributed by atoms with Crippen LogP contribution in [0.4, 0.5) is 5.95 Å². The van der Waals surface area contributed by atoms with Crippen molar-refractivity contribution in [1.82, 2.24) is 15.2 Å². The molecule has 0 saturated carbocycles. The third kappa shape index (κ3) is 2.86. The number of aliphatic hydroxyl groups excluding tert-OH is 1. The van der Waals surface area contributed by atoms with Gasteiger partial charge in [-0.2, -0.15) is 5.10 Å². The first-order valence-corrected chi connectivity index (χ1v) is 4.71. The first-order chi connectivity index (χ1) is 7.58. The highest BCUT2D eigenvalue weighted by Crippen LogP contribution is 2.04. The Kier molecular flexibility index (Phi) is 4.12. The summed E-state index contributed by atoms with van der Waals surface area (Å²) in [4.78, 5) is 15.3. The molecular weight excluding hydrogens is 212 g/mol. The number of carbonyl (C=O) groups is 1. The van der Waals surface area contributed by atoms with E-state index in [9.17, 15) is 4.79 Å². The summed E-state index contributed by atoms with van der Waals surface area (Å²) in [5.41, 5.74) is 1.42. The Morgan fingerprint density at radius 3 is 2.62 bits per heavy atom. The lowest BCUT2D eigenvalue weighted by molar-refractivity contribution is -0.142. The second kappa shape index (κ2) is 5.36. The zero-order chi connectivity index (χ0) is 12.1. The fraction of sp³-hybridized carbons (Fsp3) is 0.556. The zero-order valence-electron chi connectivity index (χ0n) is 9.39. The van der Waals surface area contributed by atoms with Crippen molar-refractivity contribution in [3.05, 3.63) is 11.4 Å². The van der Waals surface area contributed by atoms with Crippen LogP contribution in [0.25, 0.3) is 0 Å². The number of rotatable bonds is 4. The Labute approximate surface area is 92.9 Å². The van der Waals surface area contributed by atoms with Gasteiger partial charge in [-0.25, -0.2) is 9.78 Å². The Hall–Kier alpha value is -1.76. The number of hydrogen-bond donors (Lipinski definition) is 2. The number of anilines is 1. The molecule has 1 rings (SSSR count).